The minimum atomic E-state index is 0.278. The van der Waals surface area contributed by atoms with Crippen LogP contribution in [0.4, 0.5) is 0 Å². The fraction of sp³-hybridized carbons (Fsp3) is 0.684. The molecule has 1 atom stereocenters. The van der Waals surface area contributed by atoms with Gasteiger partial charge in [0, 0.05) is 38.8 Å². The first-order valence-electron chi connectivity index (χ1n) is 8.91. The first-order valence-corrected chi connectivity index (χ1v) is 8.91. The molecule has 0 amide bonds. The molecule has 130 valence electrons. The zero-order valence-electron chi connectivity index (χ0n) is 14.9. The third-order valence-electron chi connectivity index (χ3n) is 4.83. The van der Waals surface area contributed by atoms with Crippen molar-refractivity contribution in [3.05, 3.63) is 29.3 Å². The minimum Gasteiger partial charge on any atom is -0.493 e. The normalized spacial score (nSPS) is 18.1. The van der Waals surface area contributed by atoms with E-state index in [1.54, 1.807) is 0 Å². The summed E-state index contributed by atoms with van der Waals surface area (Å²) in [5.41, 5.74) is 2.45. The molecule has 23 heavy (non-hydrogen) atoms. The molecule has 1 fully saturated rings. The maximum absolute atomic E-state index is 9.40. The summed E-state index contributed by atoms with van der Waals surface area (Å²) in [6.45, 7) is 12.8. The molecule has 0 aliphatic carbocycles. The van der Waals surface area contributed by atoms with Gasteiger partial charge in [-0.2, -0.15) is 0 Å². The predicted octanol–water partition coefficient (Wildman–Crippen LogP) is 2.46. The first-order chi connectivity index (χ1) is 11.1. The molecular formula is C19H32N2O2. The Morgan fingerprint density at radius 2 is 1.91 bits per heavy atom. The summed E-state index contributed by atoms with van der Waals surface area (Å²) in [7, 11) is 0. The van der Waals surface area contributed by atoms with E-state index in [0.29, 0.717) is 6.04 Å². The van der Waals surface area contributed by atoms with E-state index < -0.39 is 0 Å². The molecule has 0 spiro atoms. The zero-order chi connectivity index (χ0) is 16.7. The highest BCUT2D eigenvalue weighted by molar-refractivity contribution is 5.35. The predicted molar refractivity (Wildman–Crippen MR) is 95.2 cm³/mol. The Bertz CT molecular complexity index is 466. The van der Waals surface area contributed by atoms with Gasteiger partial charge in [0.05, 0.1) is 13.2 Å². The maximum atomic E-state index is 9.40. The van der Waals surface area contributed by atoms with Crippen molar-refractivity contribution in [3.8, 4) is 5.75 Å². The van der Waals surface area contributed by atoms with Gasteiger partial charge in [-0.25, -0.2) is 0 Å². The molecule has 4 heteroatoms. The van der Waals surface area contributed by atoms with Crippen LogP contribution in [0.15, 0.2) is 18.2 Å². The molecular weight excluding hydrogens is 288 g/mol. The van der Waals surface area contributed by atoms with E-state index in [4.69, 9.17) is 4.74 Å². The molecule has 1 saturated heterocycles. The van der Waals surface area contributed by atoms with E-state index in [-0.39, 0.29) is 6.61 Å². The molecule has 1 heterocycles. The minimum absolute atomic E-state index is 0.278. The van der Waals surface area contributed by atoms with Crippen molar-refractivity contribution in [2.75, 3.05) is 45.9 Å². The third kappa shape index (κ3) is 5.48. The Balaban J connectivity index is 1.65. The van der Waals surface area contributed by atoms with Gasteiger partial charge in [0.15, 0.2) is 0 Å². The van der Waals surface area contributed by atoms with Gasteiger partial charge < -0.3 is 14.7 Å². The van der Waals surface area contributed by atoms with Crippen LogP contribution in [0.3, 0.4) is 0 Å². The van der Waals surface area contributed by atoms with E-state index in [1.807, 2.05) is 0 Å². The molecule has 0 radical (unpaired) electrons. The molecule has 0 saturated carbocycles. The Hall–Kier alpha value is -1.10. The molecule has 1 aliphatic rings. The number of ether oxygens (including phenoxy) is 1. The zero-order valence-corrected chi connectivity index (χ0v) is 14.9. The number of nitrogens with zero attached hydrogens (tertiary/aromatic N) is 2. The second kappa shape index (κ2) is 9.26. The fourth-order valence-electron chi connectivity index (χ4n) is 3.19. The van der Waals surface area contributed by atoms with Crippen molar-refractivity contribution in [3.63, 3.8) is 0 Å². The molecule has 1 N–H and O–H groups in total. The molecule has 2 rings (SSSR count). The van der Waals surface area contributed by atoms with Crippen molar-refractivity contribution in [1.29, 1.82) is 0 Å². The largest absolute Gasteiger partial charge is 0.493 e. The summed E-state index contributed by atoms with van der Waals surface area (Å²) in [5, 5.41) is 9.40. The summed E-state index contributed by atoms with van der Waals surface area (Å²) in [5.74, 6) is 1.02. The number of benzene rings is 1. The number of piperazine rings is 1. The highest BCUT2D eigenvalue weighted by atomic mass is 16.5. The molecule has 4 nitrogen and oxygen atoms in total. The average Bonchev–Trinajstić information content (AvgIpc) is 2.57. The van der Waals surface area contributed by atoms with Gasteiger partial charge in [0.2, 0.25) is 0 Å². The molecule has 1 aromatic rings. The van der Waals surface area contributed by atoms with Gasteiger partial charge in [0.1, 0.15) is 5.75 Å². The highest BCUT2D eigenvalue weighted by Gasteiger charge is 2.21. The summed E-state index contributed by atoms with van der Waals surface area (Å²) in [6, 6.07) is 6.70. The van der Waals surface area contributed by atoms with Crippen molar-refractivity contribution < 1.29 is 9.84 Å². The van der Waals surface area contributed by atoms with Crippen molar-refractivity contribution in [2.45, 2.75) is 39.7 Å². The number of aryl methyl sites for hydroxylation is 2. The quantitative estimate of drug-likeness (QED) is 0.747. The molecule has 0 bridgehead atoms. The van der Waals surface area contributed by atoms with Gasteiger partial charge in [-0.05, 0) is 43.9 Å². The van der Waals surface area contributed by atoms with Crippen molar-refractivity contribution in [1.82, 2.24) is 9.80 Å². The van der Waals surface area contributed by atoms with Crippen LogP contribution in [0.25, 0.3) is 0 Å². The second-order valence-corrected chi connectivity index (χ2v) is 6.59. The van der Waals surface area contributed by atoms with E-state index in [9.17, 15) is 5.11 Å². The van der Waals surface area contributed by atoms with E-state index in [1.165, 1.54) is 11.1 Å². The van der Waals surface area contributed by atoms with Crippen LogP contribution >= 0.6 is 0 Å². The van der Waals surface area contributed by atoms with Gasteiger partial charge in [-0.1, -0.05) is 19.1 Å². The molecule has 0 aromatic heterocycles. The Morgan fingerprint density at radius 1 is 1.17 bits per heavy atom. The lowest BCUT2D eigenvalue weighted by atomic mass is 10.1. The maximum Gasteiger partial charge on any atom is 0.122 e. The topological polar surface area (TPSA) is 35.9 Å². The SMILES string of the molecule is CCC(CO)N1CCN(CCCOc2cc(C)ccc2C)CC1. The Labute approximate surface area is 141 Å². The highest BCUT2D eigenvalue weighted by Crippen LogP contribution is 2.19. The summed E-state index contributed by atoms with van der Waals surface area (Å²) in [6.07, 6.45) is 2.09. The Kier molecular flexibility index (Phi) is 7.34. The molecule has 1 unspecified atom stereocenters. The third-order valence-corrected chi connectivity index (χ3v) is 4.83. The van der Waals surface area contributed by atoms with Crippen LogP contribution in [-0.4, -0.2) is 66.9 Å². The number of aliphatic hydroxyl groups excluding tert-OH is 1. The number of rotatable bonds is 8. The lowest BCUT2D eigenvalue weighted by molar-refractivity contribution is 0.0617. The standard InChI is InChI=1S/C19H32N2O2/c1-4-18(15-22)21-11-9-20(10-12-21)8-5-13-23-19-14-16(2)6-7-17(19)3/h6-7,14,18,22H,4-5,8-13,15H2,1-3H3. The summed E-state index contributed by atoms with van der Waals surface area (Å²) >= 11 is 0. The lowest BCUT2D eigenvalue weighted by Crippen LogP contribution is -2.51. The van der Waals surface area contributed by atoms with E-state index in [0.717, 1.165) is 57.9 Å². The van der Waals surface area contributed by atoms with Crippen LogP contribution in [0.5, 0.6) is 5.75 Å². The van der Waals surface area contributed by atoms with Crippen LogP contribution in [0.2, 0.25) is 0 Å². The summed E-state index contributed by atoms with van der Waals surface area (Å²) in [4.78, 5) is 4.93. The second-order valence-electron chi connectivity index (χ2n) is 6.59. The van der Waals surface area contributed by atoms with Crippen molar-refractivity contribution >= 4 is 0 Å². The van der Waals surface area contributed by atoms with Crippen LogP contribution in [-0.2, 0) is 0 Å². The van der Waals surface area contributed by atoms with E-state index >= 15 is 0 Å². The van der Waals surface area contributed by atoms with Crippen LogP contribution in [0.1, 0.15) is 30.9 Å². The molecule has 1 aromatic carbocycles. The van der Waals surface area contributed by atoms with Crippen molar-refractivity contribution in [2.24, 2.45) is 0 Å². The van der Waals surface area contributed by atoms with Crippen LogP contribution in [0, 0.1) is 13.8 Å². The fourth-order valence-corrected chi connectivity index (χ4v) is 3.19. The van der Waals surface area contributed by atoms with Crippen LogP contribution < -0.4 is 4.74 Å². The average molecular weight is 320 g/mol. The molecule has 1 aliphatic heterocycles. The summed E-state index contributed by atoms with van der Waals surface area (Å²) < 4.78 is 5.93. The van der Waals surface area contributed by atoms with Gasteiger partial charge >= 0.3 is 0 Å². The number of hydrogen-bond acceptors (Lipinski definition) is 4. The number of hydrogen-bond donors (Lipinski definition) is 1. The van der Waals surface area contributed by atoms with Gasteiger partial charge in [0.25, 0.3) is 0 Å². The van der Waals surface area contributed by atoms with Gasteiger partial charge in [-0.3, -0.25) is 4.90 Å². The number of aliphatic hydroxyl groups is 1. The first kappa shape index (κ1) is 18.2. The van der Waals surface area contributed by atoms with Gasteiger partial charge in [-0.15, -0.1) is 0 Å². The Morgan fingerprint density at radius 3 is 2.57 bits per heavy atom. The lowest BCUT2D eigenvalue weighted by Gasteiger charge is -2.38. The smallest absolute Gasteiger partial charge is 0.122 e. The van der Waals surface area contributed by atoms with E-state index in [2.05, 4.69) is 48.8 Å². The monoisotopic (exact) mass is 320 g/mol.